The van der Waals surface area contributed by atoms with E-state index in [0.29, 0.717) is 18.4 Å². The van der Waals surface area contributed by atoms with Crippen LogP contribution in [0.25, 0.3) is 0 Å². The van der Waals surface area contributed by atoms with E-state index in [1.165, 1.54) is 26.4 Å². The van der Waals surface area contributed by atoms with Crippen molar-refractivity contribution in [2.45, 2.75) is 75.0 Å². The molecule has 2 aliphatic carbocycles. The summed E-state index contributed by atoms with van der Waals surface area (Å²) in [6.07, 6.45) is 1.94. The molecule has 1 aromatic rings. The van der Waals surface area contributed by atoms with E-state index in [1.807, 2.05) is 0 Å². The fraction of sp³-hybridized carbons (Fsp3) is 0.727. The fourth-order valence-corrected chi connectivity index (χ4v) is 6.90. The highest BCUT2D eigenvalue weighted by atomic mass is 16.6. The van der Waals surface area contributed by atoms with Crippen LogP contribution in [0.3, 0.4) is 0 Å². The maximum atomic E-state index is 13.5. The van der Waals surface area contributed by atoms with Crippen molar-refractivity contribution < 1.29 is 43.5 Å². The third kappa shape index (κ3) is 2.35. The van der Waals surface area contributed by atoms with Crippen LogP contribution in [-0.4, -0.2) is 63.4 Å². The second kappa shape index (κ2) is 6.31. The van der Waals surface area contributed by atoms with Crippen LogP contribution in [0.4, 0.5) is 0 Å². The van der Waals surface area contributed by atoms with E-state index >= 15 is 0 Å². The zero-order valence-electron chi connectivity index (χ0n) is 17.6. The number of fused-ring (bicyclic) bond motifs is 3. The largest absolute Gasteiger partial charge is 0.472 e. The molecule has 3 heterocycles. The Balaban J connectivity index is 1.69. The van der Waals surface area contributed by atoms with E-state index in [0.717, 1.165) is 0 Å². The van der Waals surface area contributed by atoms with Gasteiger partial charge >= 0.3 is 11.9 Å². The van der Waals surface area contributed by atoms with Crippen LogP contribution in [-0.2, 0) is 23.8 Å². The Morgan fingerprint density at radius 2 is 2.03 bits per heavy atom. The number of rotatable bonds is 3. The Hall–Kier alpha value is -1.94. The van der Waals surface area contributed by atoms with E-state index < -0.39 is 51.8 Å². The first-order valence-electron chi connectivity index (χ1n) is 10.7. The summed E-state index contributed by atoms with van der Waals surface area (Å²) >= 11 is 0. The molecule has 7 atom stereocenters. The lowest BCUT2D eigenvalue weighted by molar-refractivity contribution is -0.329. The summed E-state index contributed by atoms with van der Waals surface area (Å²) in [6.45, 7) is 2.66. The normalized spacial score (nSPS) is 48.5. The third-order valence-electron chi connectivity index (χ3n) is 8.46. The topological polar surface area (TPSA) is 139 Å². The molecule has 9 heteroatoms. The number of cyclic esters (lactones) is 1. The van der Waals surface area contributed by atoms with Gasteiger partial charge < -0.3 is 33.9 Å². The first-order chi connectivity index (χ1) is 14.6. The van der Waals surface area contributed by atoms with Gasteiger partial charge in [0.05, 0.1) is 41.9 Å². The number of carbonyl (C=O) groups is 2. The quantitative estimate of drug-likeness (QED) is 0.468. The van der Waals surface area contributed by atoms with Crippen LogP contribution < -0.4 is 0 Å². The van der Waals surface area contributed by atoms with Crippen LogP contribution in [0.15, 0.2) is 23.0 Å². The van der Waals surface area contributed by atoms with Crippen molar-refractivity contribution in [1.82, 2.24) is 0 Å². The van der Waals surface area contributed by atoms with E-state index in [2.05, 4.69) is 0 Å². The highest BCUT2D eigenvalue weighted by molar-refractivity contribution is 5.83. The third-order valence-corrected chi connectivity index (χ3v) is 8.46. The summed E-state index contributed by atoms with van der Waals surface area (Å²) in [5, 5.41) is 35.4. The molecule has 2 aliphatic heterocycles. The SMILES string of the molecule is CC(=O)OC[C@@]12[C@@H](O)C[C@](C)(O)[C@]3(C[C@@H](c4ccoc4)OC3=O)[C@@]1(O)CCC[C@]21CO1. The van der Waals surface area contributed by atoms with Crippen LogP contribution in [0, 0.1) is 10.8 Å². The molecular formula is C22H28O9. The molecule has 9 nitrogen and oxygen atoms in total. The second-order valence-corrected chi connectivity index (χ2v) is 9.80. The van der Waals surface area contributed by atoms with Gasteiger partial charge in [-0.15, -0.1) is 0 Å². The molecule has 4 fully saturated rings. The average molecular weight is 436 g/mol. The van der Waals surface area contributed by atoms with Crippen LogP contribution in [0.5, 0.6) is 0 Å². The van der Waals surface area contributed by atoms with Crippen molar-refractivity contribution in [2.75, 3.05) is 13.2 Å². The first kappa shape index (κ1) is 20.9. The Kier molecular flexibility index (Phi) is 4.26. The van der Waals surface area contributed by atoms with E-state index in [9.17, 15) is 24.9 Å². The number of epoxide rings is 1. The summed E-state index contributed by atoms with van der Waals surface area (Å²) < 4.78 is 22.0. The minimum Gasteiger partial charge on any atom is -0.472 e. The summed E-state index contributed by atoms with van der Waals surface area (Å²) in [6, 6.07) is 1.67. The molecule has 170 valence electrons. The molecule has 2 saturated carbocycles. The molecule has 2 spiro atoms. The number of hydrogen-bond donors (Lipinski definition) is 3. The Bertz CT molecular complexity index is 904. The predicted octanol–water partition coefficient (Wildman–Crippen LogP) is 1.00. The number of aliphatic hydroxyl groups is 3. The minimum atomic E-state index is -1.93. The van der Waals surface area contributed by atoms with Crippen LogP contribution in [0.2, 0.25) is 0 Å². The maximum absolute atomic E-state index is 13.5. The monoisotopic (exact) mass is 436 g/mol. The molecule has 4 aliphatic rings. The van der Waals surface area contributed by atoms with Gasteiger partial charge in [-0.05, 0) is 32.3 Å². The van der Waals surface area contributed by atoms with Crippen molar-refractivity contribution >= 4 is 11.9 Å². The molecule has 2 saturated heterocycles. The lowest BCUT2D eigenvalue weighted by Gasteiger charge is -2.67. The molecule has 0 bridgehead atoms. The van der Waals surface area contributed by atoms with Gasteiger partial charge in [0, 0.05) is 25.3 Å². The molecule has 0 radical (unpaired) electrons. The van der Waals surface area contributed by atoms with Crippen molar-refractivity contribution in [3.8, 4) is 0 Å². The summed E-state index contributed by atoms with van der Waals surface area (Å²) in [5.41, 5.74) is -7.25. The molecule has 0 unspecified atom stereocenters. The van der Waals surface area contributed by atoms with Crippen LogP contribution >= 0.6 is 0 Å². The predicted molar refractivity (Wildman–Crippen MR) is 102 cm³/mol. The molecule has 0 aromatic carbocycles. The molecule has 1 aromatic heterocycles. The van der Waals surface area contributed by atoms with Gasteiger partial charge in [-0.3, -0.25) is 9.59 Å². The maximum Gasteiger partial charge on any atom is 0.318 e. The smallest absolute Gasteiger partial charge is 0.318 e. The second-order valence-electron chi connectivity index (χ2n) is 9.80. The minimum absolute atomic E-state index is 0.000508. The molecule has 3 N–H and O–H groups in total. The fourth-order valence-electron chi connectivity index (χ4n) is 6.90. The number of furan rings is 1. The van der Waals surface area contributed by atoms with E-state index in [1.54, 1.807) is 6.07 Å². The Labute approximate surface area is 179 Å². The van der Waals surface area contributed by atoms with E-state index in [4.69, 9.17) is 18.6 Å². The average Bonchev–Trinajstić information content (AvgIpc) is 3.11. The van der Waals surface area contributed by atoms with Gasteiger partial charge in [0.25, 0.3) is 0 Å². The Morgan fingerprint density at radius 3 is 2.65 bits per heavy atom. The standard InChI is InChI=1S/C22H28O9/c1-13(23)29-12-21-16(24)9-18(2,26)20(22(21,27)6-3-5-19(21)11-30-19)8-15(31-17(20)25)14-4-7-28-10-14/h4,7,10,15-16,24,26-27H,3,5-6,8-9,11-12H2,1-2H3/t15-,16-,18-,19-,20+,21-,22-/m0/s1. The van der Waals surface area contributed by atoms with Gasteiger partial charge in [0.15, 0.2) is 0 Å². The van der Waals surface area contributed by atoms with Crippen LogP contribution in [0.1, 0.15) is 57.6 Å². The first-order valence-corrected chi connectivity index (χ1v) is 10.7. The molecular weight excluding hydrogens is 408 g/mol. The number of ether oxygens (including phenoxy) is 3. The van der Waals surface area contributed by atoms with Crippen molar-refractivity contribution in [3.63, 3.8) is 0 Å². The molecule has 5 rings (SSSR count). The lowest BCUT2D eigenvalue weighted by Crippen LogP contribution is -2.82. The van der Waals surface area contributed by atoms with Crippen molar-refractivity contribution in [2.24, 2.45) is 10.8 Å². The van der Waals surface area contributed by atoms with Crippen molar-refractivity contribution in [1.29, 1.82) is 0 Å². The number of esters is 2. The zero-order chi connectivity index (χ0) is 22.3. The summed E-state index contributed by atoms with van der Waals surface area (Å²) in [7, 11) is 0. The summed E-state index contributed by atoms with van der Waals surface area (Å²) in [4.78, 5) is 25.3. The van der Waals surface area contributed by atoms with Crippen molar-refractivity contribution in [3.05, 3.63) is 24.2 Å². The highest BCUT2D eigenvalue weighted by Crippen LogP contribution is 2.73. The molecule has 0 amide bonds. The molecule has 31 heavy (non-hydrogen) atoms. The highest BCUT2D eigenvalue weighted by Gasteiger charge is 2.87. The van der Waals surface area contributed by atoms with Gasteiger partial charge in [0.1, 0.15) is 23.7 Å². The zero-order valence-corrected chi connectivity index (χ0v) is 17.6. The number of carbonyl (C=O) groups excluding carboxylic acids is 2. The van der Waals surface area contributed by atoms with Gasteiger partial charge in [0.2, 0.25) is 0 Å². The lowest BCUT2D eigenvalue weighted by atomic mass is 9.39. The van der Waals surface area contributed by atoms with E-state index in [-0.39, 0.29) is 32.5 Å². The number of hydrogen-bond acceptors (Lipinski definition) is 9. The number of aliphatic hydroxyl groups excluding tert-OH is 1. The van der Waals surface area contributed by atoms with Gasteiger partial charge in [-0.2, -0.15) is 0 Å². The summed E-state index contributed by atoms with van der Waals surface area (Å²) in [5.74, 6) is -1.30. The van der Waals surface area contributed by atoms with Gasteiger partial charge in [-0.1, -0.05) is 0 Å². The van der Waals surface area contributed by atoms with Gasteiger partial charge in [-0.25, -0.2) is 0 Å². The Morgan fingerprint density at radius 1 is 1.29 bits per heavy atom.